The summed E-state index contributed by atoms with van der Waals surface area (Å²) in [5.41, 5.74) is 4.30. The molecule has 0 unspecified atom stereocenters. The maximum Gasteiger partial charge on any atom is 0.279 e. The van der Waals surface area contributed by atoms with E-state index in [1.807, 2.05) is 48.6 Å². The summed E-state index contributed by atoms with van der Waals surface area (Å²) in [5, 5.41) is 7.71. The van der Waals surface area contributed by atoms with Crippen LogP contribution in [0.2, 0.25) is 0 Å². The lowest BCUT2D eigenvalue weighted by Crippen LogP contribution is -2.93. The van der Waals surface area contributed by atoms with Crippen molar-refractivity contribution in [1.29, 1.82) is 0 Å². The number of carbonyl (C=O) groups is 2. The van der Waals surface area contributed by atoms with Gasteiger partial charge in [-0.25, -0.2) is 0 Å². The molecule has 0 bridgehead atoms. The minimum absolute atomic E-state index is 0.0959. The second-order valence-corrected chi connectivity index (χ2v) is 6.61. The Morgan fingerprint density at radius 1 is 1.12 bits per heavy atom. The van der Waals surface area contributed by atoms with Crippen molar-refractivity contribution in [1.82, 2.24) is 5.32 Å². The summed E-state index contributed by atoms with van der Waals surface area (Å²) in [7, 11) is 0. The number of hydrogen-bond donors (Lipinski definition) is 3. The number of benzene rings is 2. The highest BCUT2D eigenvalue weighted by Crippen LogP contribution is 2.13. The summed E-state index contributed by atoms with van der Waals surface area (Å²) < 4.78 is 0. The first-order valence-corrected chi connectivity index (χ1v) is 8.61. The molecule has 0 spiro atoms. The van der Waals surface area contributed by atoms with E-state index in [1.165, 1.54) is 11.1 Å². The van der Waals surface area contributed by atoms with Gasteiger partial charge in [0.1, 0.15) is 12.6 Å². The third kappa shape index (κ3) is 4.25. The van der Waals surface area contributed by atoms with Gasteiger partial charge in [0.05, 0.1) is 0 Å². The van der Waals surface area contributed by atoms with Gasteiger partial charge in [0.25, 0.3) is 5.91 Å². The number of rotatable bonds is 4. The van der Waals surface area contributed by atoms with E-state index in [-0.39, 0.29) is 17.9 Å². The van der Waals surface area contributed by atoms with Gasteiger partial charge in [0.2, 0.25) is 5.91 Å². The predicted molar refractivity (Wildman–Crippen MR) is 97.0 cm³/mol. The van der Waals surface area contributed by atoms with Crippen molar-refractivity contribution < 1.29 is 14.9 Å². The van der Waals surface area contributed by atoms with Crippen LogP contribution in [0.3, 0.4) is 0 Å². The number of anilines is 1. The van der Waals surface area contributed by atoms with Crippen LogP contribution in [0.1, 0.15) is 23.6 Å². The quantitative estimate of drug-likeness (QED) is 0.782. The second kappa shape index (κ2) is 7.49. The number of aryl methyl sites for hydroxylation is 1. The largest absolute Gasteiger partial charge is 0.339 e. The fraction of sp³-hybridized carbons (Fsp3) is 0.300. The molecule has 1 aliphatic rings. The number of hydrogen-bond acceptors (Lipinski definition) is 2. The van der Waals surface area contributed by atoms with Crippen LogP contribution in [0.5, 0.6) is 0 Å². The van der Waals surface area contributed by atoms with Crippen LogP contribution in [0.25, 0.3) is 0 Å². The Labute approximate surface area is 147 Å². The molecule has 0 fully saturated rings. The lowest BCUT2D eigenvalue weighted by molar-refractivity contribution is -0.695. The number of nitrogens with one attached hydrogen (secondary N) is 2. The molecule has 0 aromatic heterocycles. The molecule has 0 saturated heterocycles. The summed E-state index contributed by atoms with van der Waals surface area (Å²) in [5.74, 6) is -0.309. The van der Waals surface area contributed by atoms with Gasteiger partial charge in [-0.3, -0.25) is 9.59 Å². The van der Waals surface area contributed by atoms with Crippen molar-refractivity contribution in [2.45, 2.75) is 38.9 Å². The van der Waals surface area contributed by atoms with Crippen LogP contribution in [0.4, 0.5) is 5.69 Å². The highest BCUT2D eigenvalue weighted by Gasteiger charge is 2.29. The lowest BCUT2D eigenvalue weighted by atomic mass is 9.95. The van der Waals surface area contributed by atoms with Crippen LogP contribution in [0, 0.1) is 6.92 Å². The van der Waals surface area contributed by atoms with E-state index in [0.717, 1.165) is 17.8 Å². The van der Waals surface area contributed by atoms with Gasteiger partial charge in [-0.1, -0.05) is 36.4 Å². The van der Waals surface area contributed by atoms with E-state index in [2.05, 4.69) is 22.8 Å². The molecule has 2 aromatic rings. The molecule has 3 rings (SSSR count). The molecule has 0 saturated carbocycles. The first kappa shape index (κ1) is 17.2. The third-order valence-corrected chi connectivity index (χ3v) is 4.55. The zero-order valence-corrected chi connectivity index (χ0v) is 14.6. The van der Waals surface area contributed by atoms with E-state index in [9.17, 15) is 9.59 Å². The van der Waals surface area contributed by atoms with Crippen molar-refractivity contribution in [3.63, 3.8) is 0 Å². The molecule has 1 aliphatic heterocycles. The second-order valence-electron chi connectivity index (χ2n) is 6.61. The Hall–Kier alpha value is -2.66. The van der Waals surface area contributed by atoms with Crippen LogP contribution in [-0.2, 0) is 22.6 Å². The Balaban J connectivity index is 1.56. The Kier molecular flexibility index (Phi) is 5.14. The fourth-order valence-electron chi connectivity index (χ4n) is 3.10. The third-order valence-electron chi connectivity index (χ3n) is 4.55. The van der Waals surface area contributed by atoms with Crippen molar-refractivity contribution in [2.75, 3.05) is 5.32 Å². The molecule has 2 aromatic carbocycles. The molecular formula is C20H24N3O2+. The van der Waals surface area contributed by atoms with E-state index >= 15 is 0 Å². The topological polar surface area (TPSA) is 74.8 Å². The lowest BCUT2D eigenvalue weighted by Gasteiger charge is -2.23. The van der Waals surface area contributed by atoms with Gasteiger partial charge in [-0.15, -0.1) is 0 Å². The van der Waals surface area contributed by atoms with Gasteiger partial charge >= 0.3 is 0 Å². The number of fused-ring (bicyclic) bond motifs is 1. The Morgan fingerprint density at radius 3 is 2.64 bits per heavy atom. The van der Waals surface area contributed by atoms with E-state index < -0.39 is 6.04 Å². The van der Waals surface area contributed by atoms with Crippen LogP contribution < -0.4 is 16.0 Å². The summed E-state index contributed by atoms with van der Waals surface area (Å²) >= 11 is 0. The number of carbonyl (C=O) groups excluding carboxylic acids is 2. The van der Waals surface area contributed by atoms with Crippen molar-refractivity contribution in [2.24, 2.45) is 0 Å². The molecule has 2 atom stereocenters. The van der Waals surface area contributed by atoms with Crippen LogP contribution in [0.15, 0.2) is 48.5 Å². The van der Waals surface area contributed by atoms with Crippen LogP contribution in [-0.4, -0.2) is 23.9 Å². The SMILES string of the molecule is Cc1cccc(NC(=O)[C@H](C)NC(=O)[C@@H]2Cc3ccccc3C[NH2+]2)c1. The Morgan fingerprint density at radius 2 is 1.88 bits per heavy atom. The number of amides is 2. The minimum Gasteiger partial charge on any atom is -0.339 e. The predicted octanol–water partition coefficient (Wildman–Crippen LogP) is 1.13. The monoisotopic (exact) mass is 338 g/mol. The zero-order valence-electron chi connectivity index (χ0n) is 14.6. The summed E-state index contributed by atoms with van der Waals surface area (Å²) in [4.78, 5) is 24.8. The molecule has 5 nitrogen and oxygen atoms in total. The van der Waals surface area contributed by atoms with Gasteiger partial charge < -0.3 is 16.0 Å². The molecule has 25 heavy (non-hydrogen) atoms. The number of quaternary nitrogens is 1. The summed E-state index contributed by atoms with van der Waals surface area (Å²) in [6.45, 7) is 4.47. The van der Waals surface area contributed by atoms with Gasteiger partial charge in [0.15, 0.2) is 6.04 Å². The fourth-order valence-corrected chi connectivity index (χ4v) is 3.10. The molecule has 5 heteroatoms. The average Bonchev–Trinajstić information content (AvgIpc) is 2.61. The number of nitrogens with two attached hydrogens (primary N) is 1. The maximum atomic E-state index is 12.5. The molecule has 0 aliphatic carbocycles. The van der Waals surface area contributed by atoms with Crippen LogP contribution >= 0.6 is 0 Å². The molecule has 4 N–H and O–H groups in total. The minimum atomic E-state index is -0.585. The molecular weight excluding hydrogens is 314 g/mol. The molecule has 2 amide bonds. The first-order chi connectivity index (χ1) is 12.0. The Bertz CT molecular complexity index is 788. The van der Waals surface area contributed by atoms with Gasteiger partial charge in [-0.2, -0.15) is 0 Å². The van der Waals surface area contributed by atoms with Crippen molar-refractivity contribution >= 4 is 17.5 Å². The molecule has 130 valence electrons. The highest BCUT2D eigenvalue weighted by molar-refractivity contribution is 5.97. The smallest absolute Gasteiger partial charge is 0.279 e. The van der Waals surface area contributed by atoms with E-state index in [4.69, 9.17) is 0 Å². The summed E-state index contributed by atoms with van der Waals surface area (Å²) in [6, 6.07) is 15.0. The van der Waals surface area contributed by atoms with Crippen molar-refractivity contribution in [3.05, 3.63) is 65.2 Å². The van der Waals surface area contributed by atoms with Gasteiger partial charge in [-0.05, 0) is 37.1 Å². The first-order valence-electron chi connectivity index (χ1n) is 8.61. The molecule has 0 radical (unpaired) electrons. The zero-order chi connectivity index (χ0) is 17.8. The van der Waals surface area contributed by atoms with Crippen molar-refractivity contribution in [3.8, 4) is 0 Å². The average molecular weight is 338 g/mol. The highest BCUT2D eigenvalue weighted by atomic mass is 16.2. The maximum absolute atomic E-state index is 12.5. The molecule has 1 heterocycles. The normalized spacial score (nSPS) is 17.3. The summed E-state index contributed by atoms with van der Waals surface area (Å²) in [6.07, 6.45) is 0.689. The van der Waals surface area contributed by atoms with E-state index in [0.29, 0.717) is 6.42 Å². The standard InChI is InChI=1S/C20H23N3O2/c1-13-6-5-9-17(10-13)23-19(24)14(2)22-20(25)18-11-15-7-3-4-8-16(15)12-21-18/h3-10,14,18,21H,11-12H2,1-2H3,(H,22,25)(H,23,24)/p+1/t14-,18-/m0/s1. The van der Waals surface area contributed by atoms with Gasteiger partial charge in [0, 0.05) is 17.7 Å². The van der Waals surface area contributed by atoms with E-state index in [1.54, 1.807) is 6.92 Å².